The summed E-state index contributed by atoms with van der Waals surface area (Å²) in [6.45, 7) is 9.02. The summed E-state index contributed by atoms with van der Waals surface area (Å²) in [6.07, 6.45) is 16.1. The number of carboxylic acids is 1. The van der Waals surface area contributed by atoms with E-state index in [1.54, 1.807) is 6.26 Å². The molecule has 1 atom stereocenters. The van der Waals surface area contributed by atoms with E-state index < -0.39 is 14.0 Å². The van der Waals surface area contributed by atoms with Gasteiger partial charge in [-0.1, -0.05) is 90.8 Å². The van der Waals surface area contributed by atoms with Gasteiger partial charge in [0, 0.05) is 0 Å². The Kier molecular flexibility index (Phi) is 10.9. The lowest BCUT2D eigenvalue weighted by Gasteiger charge is -2.13. The minimum Gasteiger partial charge on any atom is -0.481 e. The third kappa shape index (κ3) is 9.61. The highest BCUT2D eigenvalue weighted by atomic mass is 28.3. The van der Waals surface area contributed by atoms with E-state index in [-0.39, 0.29) is 12.3 Å². The summed E-state index contributed by atoms with van der Waals surface area (Å²) in [5.74, 6) is -0.617. The summed E-state index contributed by atoms with van der Waals surface area (Å²) in [5.41, 5.74) is 1.08. The van der Waals surface area contributed by atoms with Crippen LogP contribution in [-0.4, -0.2) is 19.1 Å². The fourth-order valence-corrected chi connectivity index (χ4v) is 4.45. The molecule has 3 nitrogen and oxygen atoms in total. The van der Waals surface area contributed by atoms with Gasteiger partial charge in [-0.25, -0.2) is 0 Å². The van der Waals surface area contributed by atoms with Gasteiger partial charge in [0.25, 0.3) is 0 Å². The van der Waals surface area contributed by atoms with Crippen LogP contribution in [0.15, 0.2) is 16.7 Å². The van der Waals surface area contributed by atoms with Crippen molar-refractivity contribution in [3.05, 3.63) is 17.9 Å². The predicted octanol–water partition coefficient (Wildman–Crippen LogP) is 6.69. The molecule has 0 amide bonds. The van der Waals surface area contributed by atoms with Gasteiger partial charge in [-0.3, -0.25) is 4.79 Å². The van der Waals surface area contributed by atoms with E-state index in [1.807, 2.05) is 0 Å². The molecule has 1 rings (SSSR count). The topological polar surface area (TPSA) is 50.4 Å². The second-order valence-corrected chi connectivity index (χ2v) is 13.8. The van der Waals surface area contributed by atoms with Crippen molar-refractivity contribution in [3.63, 3.8) is 0 Å². The van der Waals surface area contributed by atoms with Crippen LogP contribution < -0.4 is 5.38 Å². The van der Waals surface area contributed by atoms with Crippen molar-refractivity contribution < 1.29 is 14.3 Å². The summed E-state index contributed by atoms with van der Waals surface area (Å²) in [6, 6.07) is 2.12. The van der Waals surface area contributed by atoms with Crippen LogP contribution in [0.3, 0.4) is 0 Å². The molecular weight excluding hydrogens is 340 g/mol. The Morgan fingerprint density at radius 2 is 1.54 bits per heavy atom. The number of rotatable bonds is 15. The van der Waals surface area contributed by atoms with Crippen LogP contribution in [0.2, 0.25) is 19.6 Å². The zero-order valence-corrected chi connectivity index (χ0v) is 18.5. The van der Waals surface area contributed by atoms with Crippen molar-refractivity contribution in [2.24, 2.45) is 0 Å². The monoisotopic (exact) mass is 380 g/mol. The van der Waals surface area contributed by atoms with E-state index in [0.29, 0.717) is 0 Å². The standard InChI is InChI=1S/C22H40O3Si/c1-5-6-7-8-9-10-11-12-13-14-15-19(16-21(23)24)20-17-22(25-18-20)26(2,3)4/h17-19H,5-16H2,1-4H3,(H,23,24). The maximum atomic E-state index is 11.2. The Bertz CT molecular complexity index is 502. The summed E-state index contributed by atoms with van der Waals surface area (Å²) in [4.78, 5) is 11.2. The van der Waals surface area contributed by atoms with E-state index in [1.165, 1.54) is 57.8 Å². The van der Waals surface area contributed by atoms with Crippen LogP contribution in [-0.2, 0) is 4.79 Å². The van der Waals surface area contributed by atoms with Crippen molar-refractivity contribution in [2.45, 2.75) is 110 Å². The Morgan fingerprint density at radius 3 is 2.00 bits per heavy atom. The summed E-state index contributed by atoms with van der Waals surface area (Å²) in [5, 5.41) is 10.3. The average molecular weight is 381 g/mol. The van der Waals surface area contributed by atoms with E-state index in [4.69, 9.17) is 4.42 Å². The van der Waals surface area contributed by atoms with Crippen LogP contribution in [0.5, 0.6) is 0 Å². The molecule has 1 unspecified atom stereocenters. The molecule has 0 saturated heterocycles. The third-order valence-corrected chi connectivity index (χ3v) is 6.90. The molecule has 0 aromatic carbocycles. The van der Waals surface area contributed by atoms with Gasteiger partial charge in [0.2, 0.25) is 0 Å². The minimum absolute atomic E-state index is 0.0930. The number of carbonyl (C=O) groups is 1. The molecule has 150 valence electrons. The van der Waals surface area contributed by atoms with Crippen LogP contribution in [0.1, 0.15) is 95.5 Å². The quantitative estimate of drug-likeness (QED) is 0.272. The van der Waals surface area contributed by atoms with Gasteiger partial charge in [0.1, 0.15) is 8.07 Å². The number of hydrogen-bond acceptors (Lipinski definition) is 2. The van der Waals surface area contributed by atoms with E-state index in [9.17, 15) is 9.90 Å². The zero-order chi connectivity index (χ0) is 19.4. The molecule has 1 heterocycles. The molecule has 0 aliphatic rings. The van der Waals surface area contributed by atoms with Crippen LogP contribution >= 0.6 is 0 Å². The lowest BCUT2D eigenvalue weighted by atomic mass is 9.92. The van der Waals surface area contributed by atoms with Crippen molar-refractivity contribution in [2.75, 3.05) is 0 Å². The Morgan fingerprint density at radius 1 is 1.00 bits per heavy atom. The first-order valence-electron chi connectivity index (χ1n) is 10.6. The zero-order valence-electron chi connectivity index (χ0n) is 17.5. The van der Waals surface area contributed by atoms with Crippen LogP contribution in [0.25, 0.3) is 0 Å². The molecule has 1 N–H and O–H groups in total. The Hall–Kier alpha value is -1.03. The maximum Gasteiger partial charge on any atom is 0.303 e. The SMILES string of the molecule is CCCCCCCCCCCCC(CC(=O)O)c1coc([Si](C)(C)C)c1. The summed E-state index contributed by atoms with van der Waals surface area (Å²) in [7, 11) is -1.48. The van der Waals surface area contributed by atoms with E-state index >= 15 is 0 Å². The van der Waals surface area contributed by atoms with Gasteiger partial charge < -0.3 is 9.52 Å². The van der Waals surface area contributed by atoms with Gasteiger partial charge in [0.05, 0.1) is 18.1 Å². The van der Waals surface area contributed by atoms with E-state index in [0.717, 1.165) is 23.8 Å². The summed E-state index contributed by atoms with van der Waals surface area (Å²) >= 11 is 0. The fourth-order valence-electron chi connectivity index (χ4n) is 3.43. The smallest absolute Gasteiger partial charge is 0.303 e. The second-order valence-electron chi connectivity index (χ2n) is 8.76. The molecule has 0 saturated carbocycles. The van der Waals surface area contributed by atoms with Crippen molar-refractivity contribution in [3.8, 4) is 0 Å². The minimum atomic E-state index is -1.48. The first-order chi connectivity index (χ1) is 12.3. The van der Waals surface area contributed by atoms with Gasteiger partial charge in [-0.2, -0.15) is 0 Å². The largest absolute Gasteiger partial charge is 0.481 e. The second kappa shape index (κ2) is 12.4. The summed E-state index contributed by atoms with van der Waals surface area (Å²) < 4.78 is 5.76. The first-order valence-corrected chi connectivity index (χ1v) is 14.1. The van der Waals surface area contributed by atoms with Gasteiger partial charge in [-0.05, 0) is 24.0 Å². The van der Waals surface area contributed by atoms with Crippen molar-refractivity contribution in [1.82, 2.24) is 0 Å². The molecule has 0 aliphatic carbocycles. The molecule has 1 aromatic rings. The maximum absolute atomic E-state index is 11.2. The van der Waals surface area contributed by atoms with E-state index in [2.05, 4.69) is 32.6 Å². The van der Waals surface area contributed by atoms with Gasteiger partial charge in [0.15, 0.2) is 0 Å². The molecule has 0 bridgehead atoms. The predicted molar refractivity (Wildman–Crippen MR) is 113 cm³/mol. The molecular formula is C22H40O3Si. The molecule has 0 aliphatic heterocycles. The molecule has 0 spiro atoms. The Labute approximate surface area is 161 Å². The number of aliphatic carboxylic acids is 1. The first kappa shape index (κ1) is 23.0. The highest BCUT2D eigenvalue weighted by Gasteiger charge is 2.24. The third-order valence-electron chi connectivity index (χ3n) is 5.16. The normalized spacial score (nSPS) is 13.1. The van der Waals surface area contributed by atoms with Crippen LogP contribution in [0, 0.1) is 0 Å². The van der Waals surface area contributed by atoms with Gasteiger partial charge >= 0.3 is 5.97 Å². The molecule has 26 heavy (non-hydrogen) atoms. The number of furan rings is 1. The molecule has 0 radical (unpaired) electrons. The number of unbranched alkanes of at least 4 members (excludes halogenated alkanes) is 9. The Balaban J connectivity index is 2.31. The molecule has 1 aromatic heterocycles. The molecule has 0 fully saturated rings. The van der Waals surface area contributed by atoms with Crippen molar-refractivity contribution in [1.29, 1.82) is 0 Å². The molecule has 4 heteroatoms. The highest BCUT2D eigenvalue weighted by molar-refractivity contribution is 6.87. The number of hydrogen-bond donors (Lipinski definition) is 1. The average Bonchev–Trinajstić information content (AvgIpc) is 3.05. The van der Waals surface area contributed by atoms with Crippen molar-refractivity contribution >= 4 is 19.4 Å². The highest BCUT2D eigenvalue weighted by Crippen LogP contribution is 2.27. The van der Waals surface area contributed by atoms with Crippen LogP contribution in [0.4, 0.5) is 0 Å². The van der Waals surface area contributed by atoms with Gasteiger partial charge in [-0.15, -0.1) is 0 Å². The number of carboxylic acid groups (broad SMARTS) is 1. The lowest BCUT2D eigenvalue weighted by Crippen LogP contribution is -2.36. The fraction of sp³-hybridized carbons (Fsp3) is 0.773. The lowest BCUT2D eigenvalue weighted by molar-refractivity contribution is -0.137.